The summed E-state index contributed by atoms with van der Waals surface area (Å²) < 4.78 is 2.22. The molecule has 0 radical (unpaired) electrons. The van der Waals surface area contributed by atoms with Crippen molar-refractivity contribution in [2.45, 2.75) is 5.41 Å². The summed E-state index contributed by atoms with van der Waals surface area (Å²) in [6.07, 6.45) is 0. The van der Waals surface area contributed by atoms with E-state index in [2.05, 4.69) is 150 Å². The molecule has 0 unspecified atom stereocenters. The lowest BCUT2D eigenvalue weighted by Gasteiger charge is -2.33. The summed E-state index contributed by atoms with van der Waals surface area (Å²) in [7, 11) is 0. The molecule has 0 atom stereocenters. The van der Waals surface area contributed by atoms with E-state index in [-0.39, 0.29) is 0 Å². The highest BCUT2D eigenvalue weighted by atomic mass is 15.2. The summed E-state index contributed by atoms with van der Waals surface area (Å²) in [6.45, 7) is 0. The van der Waals surface area contributed by atoms with Crippen LogP contribution in [0.1, 0.15) is 22.3 Å². The topological polar surface area (TPSA) is 43.6 Å². The van der Waals surface area contributed by atoms with Crippen LogP contribution in [-0.4, -0.2) is 19.5 Å². The Labute approximate surface area is 290 Å². The standard InChI is InChI=1S/C46H30N4/c1-5-17-31(18-6-1)43-47-44(32-19-7-2-8-20-32)49-45(48-43)50-41-28-16-14-26-36(41)38-29-40-37(30-42(38)50)35-25-13-15-27-39(35)46(40,33-21-9-3-10-22-33)34-23-11-4-12-24-34/h1-30H. The van der Waals surface area contributed by atoms with E-state index in [9.17, 15) is 0 Å². The smallest absolute Gasteiger partial charge is 0.238 e. The summed E-state index contributed by atoms with van der Waals surface area (Å²) in [5.74, 6) is 1.87. The second-order valence-corrected chi connectivity index (χ2v) is 12.8. The van der Waals surface area contributed by atoms with Crippen molar-refractivity contribution in [1.82, 2.24) is 19.5 Å². The lowest BCUT2D eigenvalue weighted by atomic mass is 9.67. The molecule has 0 saturated heterocycles. The first-order chi connectivity index (χ1) is 24.8. The van der Waals surface area contributed by atoms with E-state index >= 15 is 0 Å². The van der Waals surface area contributed by atoms with Gasteiger partial charge in [-0.15, -0.1) is 0 Å². The van der Waals surface area contributed by atoms with Crippen molar-refractivity contribution in [2.24, 2.45) is 0 Å². The molecule has 234 valence electrons. The molecule has 50 heavy (non-hydrogen) atoms. The lowest BCUT2D eigenvalue weighted by molar-refractivity contribution is 0.769. The average Bonchev–Trinajstić information content (AvgIpc) is 3.68. The molecular weight excluding hydrogens is 609 g/mol. The third-order valence-corrected chi connectivity index (χ3v) is 10.1. The van der Waals surface area contributed by atoms with Crippen molar-refractivity contribution in [1.29, 1.82) is 0 Å². The van der Waals surface area contributed by atoms with Gasteiger partial charge in [0.05, 0.1) is 16.4 Å². The molecule has 0 saturated carbocycles. The van der Waals surface area contributed by atoms with E-state index < -0.39 is 5.41 Å². The summed E-state index contributed by atoms with van der Waals surface area (Å²) in [5, 5.41) is 2.31. The van der Waals surface area contributed by atoms with Crippen LogP contribution in [0, 0.1) is 0 Å². The first-order valence-electron chi connectivity index (χ1n) is 17.0. The first kappa shape index (κ1) is 28.4. The number of hydrogen-bond donors (Lipinski definition) is 0. The molecule has 1 aliphatic carbocycles. The highest BCUT2D eigenvalue weighted by molar-refractivity contribution is 6.11. The molecule has 0 aliphatic heterocycles. The molecule has 9 aromatic rings. The Balaban J connectivity index is 1.32. The maximum absolute atomic E-state index is 5.17. The third-order valence-electron chi connectivity index (χ3n) is 10.1. The normalized spacial score (nSPS) is 13.0. The molecule has 2 heterocycles. The predicted octanol–water partition coefficient (Wildman–Crippen LogP) is 10.7. The molecule has 0 bridgehead atoms. The fourth-order valence-corrected chi connectivity index (χ4v) is 8.02. The summed E-state index contributed by atoms with van der Waals surface area (Å²) >= 11 is 0. The van der Waals surface area contributed by atoms with Gasteiger partial charge in [0.1, 0.15) is 0 Å². The van der Waals surface area contributed by atoms with E-state index in [0.717, 1.165) is 32.9 Å². The van der Waals surface area contributed by atoms with Crippen molar-refractivity contribution in [3.05, 3.63) is 204 Å². The fraction of sp³-hybridized carbons (Fsp3) is 0.0217. The van der Waals surface area contributed by atoms with Gasteiger partial charge < -0.3 is 0 Å². The molecule has 4 heteroatoms. The molecular formula is C46H30N4. The number of hydrogen-bond acceptors (Lipinski definition) is 3. The highest BCUT2D eigenvalue weighted by Crippen LogP contribution is 2.57. The van der Waals surface area contributed by atoms with Crippen molar-refractivity contribution < 1.29 is 0 Å². The molecule has 0 spiro atoms. The predicted molar refractivity (Wildman–Crippen MR) is 202 cm³/mol. The van der Waals surface area contributed by atoms with Gasteiger partial charge in [0.25, 0.3) is 0 Å². The molecule has 0 fully saturated rings. The SMILES string of the molecule is c1ccc(-c2nc(-c3ccccc3)nc(-n3c4ccccc4c4cc5c(cc43)-c3ccccc3C5(c3ccccc3)c3ccccc3)n2)cc1. The molecule has 10 rings (SSSR count). The van der Waals surface area contributed by atoms with Crippen LogP contribution in [-0.2, 0) is 5.41 Å². The van der Waals surface area contributed by atoms with Crippen LogP contribution in [0.5, 0.6) is 0 Å². The van der Waals surface area contributed by atoms with Crippen LogP contribution >= 0.6 is 0 Å². The molecule has 0 amide bonds. The highest BCUT2D eigenvalue weighted by Gasteiger charge is 2.46. The monoisotopic (exact) mass is 638 g/mol. The van der Waals surface area contributed by atoms with Crippen molar-refractivity contribution >= 4 is 21.8 Å². The van der Waals surface area contributed by atoms with Gasteiger partial charge in [0.2, 0.25) is 5.95 Å². The summed E-state index contributed by atoms with van der Waals surface area (Å²) in [5.41, 5.74) is 11.0. The van der Waals surface area contributed by atoms with Gasteiger partial charge in [-0.1, -0.05) is 164 Å². The van der Waals surface area contributed by atoms with Crippen LogP contribution in [0.15, 0.2) is 182 Å². The minimum absolute atomic E-state index is 0.486. The Hall–Kier alpha value is -6.65. The Kier molecular flexibility index (Phi) is 6.36. The zero-order chi connectivity index (χ0) is 33.1. The number of para-hydroxylation sites is 1. The van der Waals surface area contributed by atoms with Crippen LogP contribution in [0.2, 0.25) is 0 Å². The number of benzene rings is 7. The number of nitrogens with zero attached hydrogens (tertiary/aromatic N) is 4. The van der Waals surface area contributed by atoms with E-state index in [1.54, 1.807) is 0 Å². The van der Waals surface area contributed by atoms with Gasteiger partial charge >= 0.3 is 0 Å². The largest absolute Gasteiger partial charge is 0.278 e. The quantitative estimate of drug-likeness (QED) is 0.188. The van der Waals surface area contributed by atoms with Gasteiger partial charge in [0.15, 0.2) is 11.6 Å². The minimum Gasteiger partial charge on any atom is -0.278 e. The van der Waals surface area contributed by atoms with Crippen LogP contribution in [0.25, 0.3) is 61.7 Å². The molecule has 7 aromatic carbocycles. The van der Waals surface area contributed by atoms with Gasteiger partial charge in [-0.05, 0) is 51.6 Å². The molecule has 4 nitrogen and oxygen atoms in total. The summed E-state index contributed by atoms with van der Waals surface area (Å²) in [4.78, 5) is 15.3. The van der Waals surface area contributed by atoms with E-state index in [1.165, 1.54) is 33.4 Å². The third kappa shape index (κ3) is 4.15. The van der Waals surface area contributed by atoms with Gasteiger partial charge in [0, 0.05) is 21.9 Å². The molecule has 2 aromatic heterocycles. The number of fused-ring (bicyclic) bond motifs is 6. The van der Waals surface area contributed by atoms with E-state index in [4.69, 9.17) is 15.0 Å². The van der Waals surface area contributed by atoms with Gasteiger partial charge in [-0.3, -0.25) is 4.57 Å². The van der Waals surface area contributed by atoms with Crippen molar-refractivity contribution in [3.8, 4) is 39.9 Å². The van der Waals surface area contributed by atoms with Gasteiger partial charge in [-0.25, -0.2) is 4.98 Å². The minimum atomic E-state index is -0.486. The second-order valence-electron chi connectivity index (χ2n) is 12.8. The molecule has 0 N–H and O–H groups in total. The average molecular weight is 639 g/mol. The second kappa shape index (κ2) is 11.2. The Morgan fingerprint density at radius 3 is 1.52 bits per heavy atom. The number of rotatable bonds is 5. The van der Waals surface area contributed by atoms with Crippen molar-refractivity contribution in [3.63, 3.8) is 0 Å². The Morgan fingerprint density at radius 1 is 0.380 bits per heavy atom. The Morgan fingerprint density at radius 2 is 0.900 bits per heavy atom. The van der Waals surface area contributed by atoms with E-state index in [0.29, 0.717) is 17.6 Å². The van der Waals surface area contributed by atoms with Crippen LogP contribution in [0.3, 0.4) is 0 Å². The summed E-state index contributed by atoms with van der Waals surface area (Å²) in [6, 6.07) is 64.5. The number of aromatic nitrogens is 4. The Bertz CT molecular complexity index is 2590. The van der Waals surface area contributed by atoms with Crippen LogP contribution < -0.4 is 0 Å². The lowest BCUT2D eigenvalue weighted by Crippen LogP contribution is -2.28. The van der Waals surface area contributed by atoms with E-state index in [1.807, 2.05) is 36.4 Å². The van der Waals surface area contributed by atoms with Gasteiger partial charge in [-0.2, -0.15) is 9.97 Å². The zero-order valence-corrected chi connectivity index (χ0v) is 27.1. The maximum atomic E-state index is 5.17. The first-order valence-corrected chi connectivity index (χ1v) is 17.0. The fourth-order valence-electron chi connectivity index (χ4n) is 8.02. The molecule has 1 aliphatic rings. The maximum Gasteiger partial charge on any atom is 0.238 e. The van der Waals surface area contributed by atoms with Crippen LogP contribution in [0.4, 0.5) is 0 Å². The zero-order valence-electron chi connectivity index (χ0n) is 27.1. The van der Waals surface area contributed by atoms with Crippen molar-refractivity contribution in [2.75, 3.05) is 0 Å².